The summed E-state index contributed by atoms with van der Waals surface area (Å²) in [5.74, 6) is 1.31. The number of hydrogen-bond acceptors (Lipinski definition) is 4. The summed E-state index contributed by atoms with van der Waals surface area (Å²) in [6.07, 6.45) is 7.35. The van der Waals surface area contributed by atoms with Crippen LogP contribution in [0, 0.1) is 0 Å². The van der Waals surface area contributed by atoms with E-state index in [0.717, 1.165) is 50.4 Å². The van der Waals surface area contributed by atoms with Crippen LogP contribution < -0.4 is 11.1 Å². The van der Waals surface area contributed by atoms with Gasteiger partial charge in [0.2, 0.25) is 5.89 Å². The number of piperidine rings is 1. The summed E-state index contributed by atoms with van der Waals surface area (Å²) in [5.41, 5.74) is 7.04. The Morgan fingerprint density at radius 1 is 1.38 bits per heavy atom. The summed E-state index contributed by atoms with van der Waals surface area (Å²) < 4.78 is 5.57. The van der Waals surface area contributed by atoms with Gasteiger partial charge in [0.05, 0.1) is 11.2 Å². The summed E-state index contributed by atoms with van der Waals surface area (Å²) in [5, 5.41) is 3.36. The third-order valence-corrected chi connectivity index (χ3v) is 3.95. The molecule has 2 heterocycles. The first-order valence-corrected chi connectivity index (χ1v) is 6.23. The molecule has 1 aromatic rings. The highest BCUT2D eigenvalue weighted by molar-refractivity contribution is 5.13. The first-order chi connectivity index (χ1) is 7.78. The molecule has 4 heteroatoms. The molecule has 16 heavy (non-hydrogen) atoms. The molecule has 1 saturated heterocycles. The lowest BCUT2D eigenvalue weighted by Crippen LogP contribution is -2.43. The quantitative estimate of drug-likeness (QED) is 0.794. The zero-order valence-electron chi connectivity index (χ0n) is 9.54. The molecule has 0 bridgehead atoms. The SMILES string of the molecule is NC1(c2nc(C3CCNCC3)co2)CCC1. The van der Waals surface area contributed by atoms with Crippen molar-refractivity contribution in [3.63, 3.8) is 0 Å². The van der Waals surface area contributed by atoms with E-state index >= 15 is 0 Å². The summed E-state index contributed by atoms with van der Waals surface area (Å²) in [7, 11) is 0. The van der Waals surface area contributed by atoms with E-state index in [-0.39, 0.29) is 5.54 Å². The van der Waals surface area contributed by atoms with Crippen LogP contribution in [0.5, 0.6) is 0 Å². The van der Waals surface area contributed by atoms with Crippen LogP contribution in [0.15, 0.2) is 10.7 Å². The Kier molecular flexibility index (Phi) is 2.48. The molecule has 1 aliphatic heterocycles. The number of nitrogens with two attached hydrogens (primary N) is 1. The first kappa shape index (κ1) is 10.3. The largest absolute Gasteiger partial charge is 0.447 e. The summed E-state index contributed by atoms with van der Waals surface area (Å²) in [6, 6.07) is 0. The molecule has 0 aromatic carbocycles. The van der Waals surface area contributed by atoms with Gasteiger partial charge in [0, 0.05) is 5.92 Å². The van der Waals surface area contributed by atoms with Crippen LogP contribution in [0.25, 0.3) is 0 Å². The zero-order valence-corrected chi connectivity index (χ0v) is 9.54. The number of aromatic nitrogens is 1. The van der Waals surface area contributed by atoms with Gasteiger partial charge in [-0.05, 0) is 45.2 Å². The van der Waals surface area contributed by atoms with Crippen molar-refractivity contribution in [2.24, 2.45) is 5.73 Å². The lowest BCUT2D eigenvalue weighted by Gasteiger charge is -2.34. The summed E-state index contributed by atoms with van der Waals surface area (Å²) >= 11 is 0. The number of nitrogens with one attached hydrogen (secondary N) is 1. The van der Waals surface area contributed by atoms with Crippen molar-refractivity contribution in [1.82, 2.24) is 10.3 Å². The molecule has 0 amide bonds. The van der Waals surface area contributed by atoms with E-state index < -0.39 is 0 Å². The fourth-order valence-electron chi connectivity index (χ4n) is 2.59. The smallest absolute Gasteiger partial charge is 0.214 e. The van der Waals surface area contributed by atoms with Gasteiger partial charge in [-0.3, -0.25) is 0 Å². The Morgan fingerprint density at radius 3 is 2.75 bits per heavy atom. The second-order valence-electron chi connectivity index (χ2n) is 5.11. The van der Waals surface area contributed by atoms with Crippen LogP contribution in [0.2, 0.25) is 0 Å². The Labute approximate surface area is 95.6 Å². The third-order valence-electron chi connectivity index (χ3n) is 3.95. The van der Waals surface area contributed by atoms with Crippen LogP contribution >= 0.6 is 0 Å². The normalized spacial score (nSPS) is 25.3. The Morgan fingerprint density at radius 2 is 2.12 bits per heavy atom. The second kappa shape index (κ2) is 3.86. The predicted molar refractivity (Wildman–Crippen MR) is 61.1 cm³/mol. The van der Waals surface area contributed by atoms with Crippen molar-refractivity contribution < 1.29 is 4.42 Å². The highest BCUT2D eigenvalue weighted by Crippen LogP contribution is 2.39. The van der Waals surface area contributed by atoms with E-state index in [9.17, 15) is 0 Å². The maximum Gasteiger partial charge on any atom is 0.214 e. The number of rotatable bonds is 2. The highest BCUT2D eigenvalue weighted by atomic mass is 16.3. The fraction of sp³-hybridized carbons (Fsp3) is 0.750. The van der Waals surface area contributed by atoms with Crippen molar-refractivity contribution in [2.75, 3.05) is 13.1 Å². The van der Waals surface area contributed by atoms with E-state index in [1.165, 1.54) is 6.42 Å². The van der Waals surface area contributed by atoms with Gasteiger partial charge in [-0.15, -0.1) is 0 Å². The van der Waals surface area contributed by atoms with Crippen LogP contribution in [0.3, 0.4) is 0 Å². The molecule has 1 aromatic heterocycles. The summed E-state index contributed by atoms with van der Waals surface area (Å²) in [6.45, 7) is 2.17. The fourth-order valence-corrected chi connectivity index (χ4v) is 2.59. The van der Waals surface area contributed by atoms with Crippen molar-refractivity contribution in [2.45, 2.75) is 43.6 Å². The average molecular weight is 221 g/mol. The molecule has 4 nitrogen and oxygen atoms in total. The van der Waals surface area contributed by atoms with E-state index in [4.69, 9.17) is 10.2 Å². The number of nitrogens with zero attached hydrogens (tertiary/aromatic N) is 1. The zero-order chi connectivity index (χ0) is 11.0. The van der Waals surface area contributed by atoms with E-state index in [1.807, 2.05) is 6.26 Å². The Hall–Kier alpha value is -0.870. The minimum absolute atomic E-state index is 0.259. The van der Waals surface area contributed by atoms with Crippen LogP contribution in [-0.2, 0) is 5.54 Å². The topological polar surface area (TPSA) is 64.1 Å². The van der Waals surface area contributed by atoms with Crippen molar-refractivity contribution in [1.29, 1.82) is 0 Å². The maximum atomic E-state index is 6.20. The Bertz CT molecular complexity index is 364. The van der Waals surface area contributed by atoms with Gasteiger partial charge in [0.1, 0.15) is 6.26 Å². The first-order valence-electron chi connectivity index (χ1n) is 6.23. The van der Waals surface area contributed by atoms with Crippen molar-refractivity contribution >= 4 is 0 Å². The standard InChI is InChI=1S/C12H19N3O/c13-12(4-1-5-12)11-15-10(8-16-11)9-2-6-14-7-3-9/h8-9,14H,1-7,13H2. The van der Waals surface area contributed by atoms with Gasteiger partial charge in [-0.2, -0.15) is 0 Å². The van der Waals surface area contributed by atoms with Crippen LogP contribution in [0.4, 0.5) is 0 Å². The average Bonchev–Trinajstić information content (AvgIpc) is 2.77. The third kappa shape index (κ3) is 1.66. The molecule has 88 valence electrons. The molecule has 3 N–H and O–H groups in total. The molecule has 0 unspecified atom stereocenters. The molecular weight excluding hydrogens is 202 g/mol. The van der Waals surface area contributed by atoms with Gasteiger partial charge in [-0.25, -0.2) is 4.98 Å². The highest BCUT2D eigenvalue weighted by Gasteiger charge is 2.39. The molecule has 0 spiro atoms. The van der Waals surface area contributed by atoms with Gasteiger partial charge < -0.3 is 15.5 Å². The molecule has 0 radical (unpaired) electrons. The molecule has 1 saturated carbocycles. The monoisotopic (exact) mass is 221 g/mol. The molecule has 2 fully saturated rings. The minimum atomic E-state index is -0.259. The van der Waals surface area contributed by atoms with E-state index in [1.54, 1.807) is 0 Å². The van der Waals surface area contributed by atoms with Gasteiger partial charge >= 0.3 is 0 Å². The predicted octanol–water partition coefficient (Wildman–Crippen LogP) is 1.48. The van der Waals surface area contributed by atoms with Crippen molar-refractivity contribution in [3.05, 3.63) is 17.8 Å². The van der Waals surface area contributed by atoms with Crippen molar-refractivity contribution in [3.8, 4) is 0 Å². The molecule has 1 aliphatic carbocycles. The van der Waals surface area contributed by atoms with Gasteiger partial charge in [0.15, 0.2) is 0 Å². The number of oxazole rings is 1. The van der Waals surface area contributed by atoms with Crippen LogP contribution in [-0.4, -0.2) is 18.1 Å². The van der Waals surface area contributed by atoms with Gasteiger partial charge in [-0.1, -0.05) is 0 Å². The molecule has 2 aliphatic rings. The number of hydrogen-bond donors (Lipinski definition) is 2. The van der Waals surface area contributed by atoms with Crippen LogP contribution in [0.1, 0.15) is 49.6 Å². The lowest BCUT2D eigenvalue weighted by atomic mass is 9.77. The lowest BCUT2D eigenvalue weighted by molar-refractivity contribution is 0.198. The second-order valence-corrected chi connectivity index (χ2v) is 5.11. The molecule has 0 atom stereocenters. The molecular formula is C12H19N3O. The van der Waals surface area contributed by atoms with E-state index in [2.05, 4.69) is 10.3 Å². The van der Waals surface area contributed by atoms with Gasteiger partial charge in [0.25, 0.3) is 0 Å². The molecule has 3 rings (SSSR count). The maximum absolute atomic E-state index is 6.20. The van der Waals surface area contributed by atoms with E-state index in [0.29, 0.717) is 5.92 Å². The summed E-state index contributed by atoms with van der Waals surface area (Å²) in [4.78, 5) is 4.61. The minimum Gasteiger partial charge on any atom is -0.447 e. The Balaban J connectivity index is 1.76.